The summed E-state index contributed by atoms with van der Waals surface area (Å²) in [6.45, 7) is 0.452. The topological polar surface area (TPSA) is 57.1 Å². The number of methoxy groups -OCH3 is 2. The van der Waals surface area contributed by atoms with Crippen LogP contribution in [0.5, 0.6) is 5.75 Å². The van der Waals surface area contributed by atoms with E-state index >= 15 is 0 Å². The van der Waals surface area contributed by atoms with Gasteiger partial charge in [-0.25, -0.2) is 0 Å². The van der Waals surface area contributed by atoms with Crippen molar-refractivity contribution in [2.45, 2.75) is 12.1 Å². The second kappa shape index (κ2) is 6.11. The van der Waals surface area contributed by atoms with Gasteiger partial charge in [-0.1, -0.05) is 28.1 Å². The van der Waals surface area contributed by atoms with Crippen LogP contribution in [0, 0.1) is 11.3 Å². The number of nitrogens with zero attached hydrogens (tertiary/aromatic N) is 1. The van der Waals surface area contributed by atoms with Gasteiger partial charge >= 0.3 is 5.97 Å². The molecular weight excluding hydrogens is 386 g/mol. The lowest BCUT2D eigenvalue weighted by Crippen LogP contribution is -2.47. The highest BCUT2D eigenvalue weighted by Gasteiger charge is 2.65. The van der Waals surface area contributed by atoms with E-state index in [0.29, 0.717) is 6.61 Å². The largest absolute Gasteiger partial charge is 0.497 e. The van der Waals surface area contributed by atoms with E-state index in [1.807, 2.05) is 42.5 Å². The van der Waals surface area contributed by atoms with Crippen molar-refractivity contribution in [1.29, 1.82) is 0 Å². The molecule has 130 valence electrons. The third-order valence-corrected chi connectivity index (χ3v) is 5.79. The summed E-state index contributed by atoms with van der Waals surface area (Å²) in [5.41, 5.74) is 0.861. The lowest BCUT2D eigenvalue weighted by molar-refractivity contribution is -0.151. The second-order valence-corrected chi connectivity index (χ2v) is 7.25. The van der Waals surface area contributed by atoms with Crippen LogP contribution in [-0.4, -0.2) is 38.6 Å². The zero-order chi connectivity index (χ0) is 17.6. The SMILES string of the molecule is COC(=O)[C@]12C3=N[C@@H](c4ccc(OC)cc4)[C@H]1CO[C@H]2C=C(Br)C=C3. The lowest BCUT2D eigenvalue weighted by atomic mass is 9.69. The van der Waals surface area contributed by atoms with Crippen LogP contribution in [0.1, 0.15) is 11.6 Å². The van der Waals surface area contributed by atoms with Gasteiger partial charge in [-0.15, -0.1) is 0 Å². The van der Waals surface area contributed by atoms with Crippen LogP contribution in [0.15, 0.2) is 52.0 Å². The van der Waals surface area contributed by atoms with Crippen LogP contribution < -0.4 is 4.74 Å². The molecule has 0 spiro atoms. The predicted molar refractivity (Wildman–Crippen MR) is 97.0 cm³/mol. The molecule has 1 aromatic rings. The molecule has 0 bridgehead atoms. The molecule has 0 N–H and O–H groups in total. The first-order valence-electron chi connectivity index (χ1n) is 8.09. The Bertz CT molecular complexity index is 798. The molecule has 4 atom stereocenters. The summed E-state index contributed by atoms with van der Waals surface area (Å²) >= 11 is 3.49. The minimum absolute atomic E-state index is 0.104. The number of hydrogen-bond acceptors (Lipinski definition) is 5. The van der Waals surface area contributed by atoms with E-state index in [2.05, 4.69) is 15.9 Å². The maximum Gasteiger partial charge on any atom is 0.321 e. The van der Waals surface area contributed by atoms with Crippen LogP contribution in [0.25, 0.3) is 0 Å². The number of rotatable bonds is 3. The molecule has 0 amide bonds. The van der Waals surface area contributed by atoms with Gasteiger partial charge in [0.15, 0.2) is 0 Å². The van der Waals surface area contributed by atoms with E-state index in [4.69, 9.17) is 19.2 Å². The molecule has 0 radical (unpaired) electrons. The quantitative estimate of drug-likeness (QED) is 0.727. The molecule has 1 aliphatic carbocycles. The molecule has 5 nitrogen and oxygen atoms in total. The molecule has 6 heteroatoms. The fourth-order valence-electron chi connectivity index (χ4n) is 4.07. The van der Waals surface area contributed by atoms with E-state index < -0.39 is 11.5 Å². The van der Waals surface area contributed by atoms with E-state index in [1.54, 1.807) is 7.11 Å². The lowest BCUT2D eigenvalue weighted by Gasteiger charge is -2.30. The Morgan fingerprint density at radius 1 is 1.28 bits per heavy atom. The minimum atomic E-state index is -0.897. The Kier molecular flexibility index (Phi) is 4.04. The number of hydrogen-bond donors (Lipinski definition) is 0. The van der Waals surface area contributed by atoms with E-state index in [0.717, 1.165) is 21.5 Å². The second-order valence-electron chi connectivity index (χ2n) is 6.34. The maximum absolute atomic E-state index is 12.9. The molecule has 1 aromatic carbocycles. The summed E-state index contributed by atoms with van der Waals surface area (Å²) < 4.78 is 17.3. The summed E-state index contributed by atoms with van der Waals surface area (Å²) in [6, 6.07) is 7.65. The van der Waals surface area contributed by atoms with E-state index in [-0.39, 0.29) is 17.9 Å². The Balaban J connectivity index is 1.83. The van der Waals surface area contributed by atoms with Gasteiger partial charge in [-0.05, 0) is 35.9 Å². The first-order chi connectivity index (χ1) is 12.1. The summed E-state index contributed by atoms with van der Waals surface area (Å²) in [4.78, 5) is 17.8. The molecule has 0 unspecified atom stereocenters. The smallest absolute Gasteiger partial charge is 0.321 e. The zero-order valence-electron chi connectivity index (χ0n) is 13.9. The van der Waals surface area contributed by atoms with E-state index in [9.17, 15) is 4.79 Å². The molecular formula is C19H18BrNO4. The van der Waals surface area contributed by atoms with Crippen molar-refractivity contribution in [2.24, 2.45) is 16.3 Å². The van der Waals surface area contributed by atoms with Gasteiger partial charge in [-0.3, -0.25) is 9.79 Å². The number of allylic oxidation sites excluding steroid dienone is 3. The maximum atomic E-state index is 12.9. The van der Waals surface area contributed by atoms with Crippen molar-refractivity contribution in [2.75, 3.05) is 20.8 Å². The molecule has 3 aliphatic rings. The first-order valence-corrected chi connectivity index (χ1v) is 8.88. The minimum Gasteiger partial charge on any atom is -0.497 e. The molecule has 25 heavy (non-hydrogen) atoms. The first kappa shape index (κ1) is 16.5. The Labute approximate surface area is 154 Å². The van der Waals surface area contributed by atoms with Crippen LogP contribution in [0.3, 0.4) is 0 Å². The summed E-state index contributed by atoms with van der Waals surface area (Å²) in [5, 5.41) is 0. The molecule has 1 saturated heterocycles. The number of aliphatic imine (C=N–C) groups is 1. The van der Waals surface area contributed by atoms with Crippen LogP contribution in [-0.2, 0) is 14.3 Å². The average molecular weight is 404 g/mol. The normalized spacial score (nSPS) is 32.5. The number of benzene rings is 1. The molecule has 2 aliphatic heterocycles. The van der Waals surface area contributed by atoms with Gasteiger partial charge in [0.25, 0.3) is 0 Å². The number of halogens is 1. The molecule has 0 aromatic heterocycles. The van der Waals surface area contributed by atoms with Crippen molar-refractivity contribution in [3.63, 3.8) is 0 Å². The van der Waals surface area contributed by atoms with Crippen molar-refractivity contribution in [3.8, 4) is 5.75 Å². The number of esters is 1. The zero-order valence-corrected chi connectivity index (χ0v) is 15.5. The van der Waals surface area contributed by atoms with Gasteiger partial charge in [-0.2, -0.15) is 0 Å². The number of carbonyl (C=O) groups excluding carboxylic acids is 1. The van der Waals surface area contributed by atoms with E-state index in [1.165, 1.54) is 7.11 Å². The third-order valence-electron chi connectivity index (χ3n) is 5.26. The van der Waals surface area contributed by atoms with Crippen molar-refractivity contribution < 1.29 is 19.0 Å². The Morgan fingerprint density at radius 3 is 2.72 bits per heavy atom. The highest BCUT2D eigenvalue weighted by Crippen LogP contribution is 2.56. The summed E-state index contributed by atoms with van der Waals surface area (Å²) in [6.07, 6.45) is 5.32. The van der Waals surface area contributed by atoms with Crippen LogP contribution in [0.2, 0.25) is 0 Å². The molecule has 1 fully saturated rings. The fraction of sp³-hybridized carbons (Fsp3) is 0.368. The third kappa shape index (κ3) is 2.31. The highest BCUT2D eigenvalue weighted by molar-refractivity contribution is 9.11. The Morgan fingerprint density at radius 2 is 2.04 bits per heavy atom. The average Bonchev–Trinajstić information content (AvgIpc) is 3.11. The number of ether oxygens (including phenoxy) is 3. The van der Waals surface area contributed by atoms with Crippen molar-refractivity contribution in [1.82, 2.24) is 0 Å². The van der Waals surface area contributed by atoms with Crippen LogP contribution in [0.4, 0.5) is 0 Å². The molecule has 0 saturated carbocycles. The fourth-order valence-corrected chi connectivity index (χ4v) is 4.44. The van der Waals surface area contributed by atoms with Gasteiger partial charge in [0, 0.05) is 10.4 Å². The molecule has 4 rings (SSSR count). The van der Waals surface area contributed by atoms with Gasteiger partial charge in [0.2, 0.25) is 0 Å². The van der Waals surface area contributed by atoms with Crippen LogP contribution >= 0.6 is 15.9 Å². The van der Waals surface area contributed by atoms with Gasteiger partial charge < -0.3 is 14.2 Å². The van der Waals surface area contributed by atoms with Gasteiger partial charge in [0.1, 0.15) is 11.2 Å². The predicted octanol–water partition coefficient (Wildman–Crippen LogP) is 3.21. The van der Waals surface area contributed by atoms with Crippen molar-refractivity contribution in [3.05, 3.63) is 52.5 Å². The standard InChI is InChI=1S/C19H18BrNO4/c1-23-13-6-3-11(4-7-13)17-14-10-25-16-9-12(20)5-8-15(21-17)19(14,16)18(22)24-2/h3-9,14,16-17H,10H2,1-2H3/t14-,16+,17+,19+/m1/s1. The Hall–Kier alpha value is -1.92. The highest BCUT2D eigenvalue weighted by atomic mass is 79.9. The summed E-state index contributed by atoms with van der Waals surface area (Å²) in [5.74, 6) is 0.393. The van der Waals surface area contributed by atoms with Crippen molar-refractivity contribution >= 4 is 27.6 Å². The molecule has 2 heterocycles. The monoisotopic (exact) mass is 403 g/mol. The van der Waals surface area contributed by atoms with Gasteiger partial charge in [0.05, 0.1) is 38.7 Å². The number of carbonyl (C=O) groups is 1. The summed E-state index contributed by atoms with van der Waals surface area (Å²) in [7, 11) is 3.06.